The van der Waals surface area contributed by atoms with Gasteiger partial charge in [0.2, 0.25) is 0 Å². The molecule has 0 atom stereocenters. The minimum absolute atomic E-state index is 0.798. The topological polar surface area (TPSA) is 0 Å². The molecule has 0 aromatic carbocycles. The predicted octanol–water partition coefficient (Wildman–Crippen LogP) is 8.48. The largest absolute Gasteiger partial charge is 0.103 e. The Morgan fingerprint density at radius 2 is 1.32 bits per heavy atom. The lowest BCUT2D eigenvalue weighted by atomic mass is 9.78. The normalized spacial score (nSPS) is 30.6. The van der Waals surface area contributed by atoms with Crippen molar-refractivity contribution in [2.24, 2.45) is 23.7 Å². The van der Waals surface area contributed by atoms with Crippen molar-refractivity contribution in [3.8, 4) is 0 Å². The van der Waals surface area contributed by atoms with Crippen LogP contribution in [0.5, 0.6) is 0 Å². The van der Waals surface area contributed by atoms with Crippen LogP contribution in [0.4, 0.5) is 0 Å². The quantitative estimate of drug-likeness (QED) is 0.260. The molecule has 2 aliphatic carbocycles. The first-order valence-electron chi connectivity index (χ1n) is 11.6. The van der Waals surface area contributed by atoms with Crippen LogP contribution >= 0.6 is 0 Å². The molecular weight excluding hydrogens is 300 g/mol. The Labute approximate surface area is 158 Å². The summed E-state index contributed by atoms with van der Waals surface area (Å²) in [5, 5.41) is 0. The SMILES string of the molecule is C=C[C@H]1CC[C@H](/C=C/CC[C@H]2CC[C@H](CCCCCCC)CC2)CC1. The molecule has 0 aromatic rings. The van der Waals surface area contributed by atoms with Crippen molar-refractivity contribution in [1.82, 2.24) is 0 Å². The number of hydrogen-bond acceptors (Lipinski definition) is 0. The molecule has 0 heteroatoms. The van der Waals surface area contributed by atoms with Crippen molar-refractivity contribution < 1.29 is 0 Å². The van der Waals surface area contributed by atoms with Crippen molar-refractivity contribution >= 4 is 0 Å². The van der Waals surface area contributed by atoms with Crippen molar-refractivity contribution in [3.05, 3.63) is 24.8 Å². The highest BCUT2D eigenvalue weighted by atomic mass is 14.3. The second kappa shape index (κ2) is 12.8. The summed E-state index contributed by atoms with van der Waals surface area (Å²) in [6.45, 7) is 6.26. The molecule has 0 amide bonds. The van der Waals surface area contributed by atoms with E-state index < -0.39 is 0 Å². The lowest BCUT2D eigenvalue weighted by Crippen LogP contribution is -2.14. The molecule has 2 saturated carbocycles. The summed E-state index contributed by atoms with van der Waals surface area (Å²) in [6.07, 6.45) is 30.3. The second-order valence-corrected chi connectivity index (χ2v) is 9.01. The van der Waals surface area contributed by atoms with Gasteiger partial charge in [-0.1, -0.05) is 89.4 Å². The van der Waals surface area contributed by atoms with Gasteiger partial charge >= 0.3 is 0 Å². The summed E-state index contributed by atoms with van der Waals surface area (Å²) in [6, 6.07) is 0. The lowest BCUT2D eigenvalue weighted by Gasteiger charge is -2.28. The number of allylic oxidation sites excluding steroid dienone is 3. The van der Waals surface area contributed by atoms with E-state index >= 15 is 0 Å². The Balaban J connectivity index is 1.48. The maximum Gasteiger partial charge on any atom is -0.0233 e. The van der Waals surface area contributed by atoms with Crippen LogP contribution in [0.15, 0.2) is 24.8 Å². The van der Waals surface area contributed by atoms with Gasteiger partial charge in [0.15, 0.2) is 0 Å². The number of unbranched alkanes of at least 4 members (excludes halogenated alkanes) is 4. The zero-order chi connectivity index (χ0) is 17.7. The minimum Gasteiger partial charge on any atom is -0.103 e. The van der Waals surface area contributed by atoms with Crippen LogP contribution in [0.1, 0.15) is 110 Å². The van der Waals surface area contributed by atoms with E-state index in [4.69, 9.17) is 0 Å². The number of rotatable bonds is 11. The van der Waals surface area contributed by atoms with E-state index in [-0.39, 0.29) is 0 Å². The van der Waals surface area contributed by atoms with Gasteiger partial charge in [-0.3, -0.25) is 0 Å². The third kappa shape index (κ3) is 8.61. The molecule has 25 heavy (non-hydrogen) atoms. The van der Waals surface area contributed by atoms with Crippen molar-refractivity contribution in [2.45, 2.75) is 110 Å². The van der Waals surface area contributed by atoms with E-state index in [1.165, 1.54) is 103 Å². The maximum absolute atomic E-state index is 3.95. The fourth-order valence-corrected chi connectivity index (χ4v) is 5.04. The van der Waals surface area contributed by atoms with Crippen molar-refractivity contribution in [3.63, 3.8) is 0 Å². The average molecular weight is 345 g/mol. The molecule has 2 aliphatic rings. The van der Waals surface area contributed by atoms with Gasteiger partial charge in [0.05, 0.1) is 0 Å². The summed E-state index contributed by atoms with van der Waals surface area (Å²) >= 11 is 0. The van der Waals surface area contributed by atoms with Gasteiger partial charge in [-0.15, -0.1) is 6.58 Å². The maximum atomic E-state index is 3.95. The molecule has 144 valence electrons. The standard InChI is InChI=1S/C25H44/c1-3-5-6-7-8-11-23-18-20-25(21-19-23)13-10-9-12-24-16-14-22(4-2)15-17-24/h4,9,12,22-25H,2-3,5-8,10-11,13-21H2,1H3/b12-9+/t22-,23-,24-,25-. The molecule has 0 bridgehead atoms. The van der Waals surface area contributed by atoms with E-state index in [9.17, 15) is 0 Å². The van der Waals surface area contributed by atoms with Crippen LogP contribution in [-0.2, 0) is 0 Å². The Kier molecular flexibility index (Phi) is 10.6. The highest BCUT2D eigenvalue weighted by molar-refractivity contribution is 4.94. The smallest absolute Gasteiger partial charge is 0.0233 e. The third-order valence-electron chi connectivity index (χ3n) is 6.98. The first-order chi connectivity index (χ1) is 12.3. The van der Waals surface area contributed by atoms with Crippen molar-refractivity contribution in [1.29, 1.82) is 0 Å². The van der Waals surface area contributed by atoms with Crippen LogP contribution in [0.25, 0.3) is 0 Å². The van der Waals surface area contributed by atoms with Crippen LogP contribution in [0.2, 0.25) is 0 Å². The summed E-state index contributed by atoms with van der Waals surface area (Å²) in [4.78, 5) is 0. The monoisotopic (exact) mass is 344 g/mol. The Morgan fingerprint density at radius 3 is 1.96 bits per heavy atom. The molecule has 0 unspecified atom stereocenters. The van der Waals surface area contributed by atoms with Crippen LogP contribution in [0, 0.1) is 23.7 Å². The van der Waals surface area contributed by atoms with E-state index in [1.807, 2.05) is 0 Å². The molecule has 0 aliphatic heterocycles. The van der Waals surface area contributed by atoms with E-state index in [2.05, 4.69) is 31.7 Å². The van der Waals surface area contributed by atoms with E-state index in [0.717, 1.165) is 23.7 Å². The second-order valence-electron chi connectivity index (χ2n) is 9.01. The summed E-state index contributed by atoms with van der Waals surface area (Å²) < 4.78 is 0. The average Bonchev–Trinajstić information content (AvgIpc) is 2.66. The van der Waals surface area contributed by atoms with Gasteiger partial charge in [-0.25, -0.2) is 0 Å². The Bertz CT molecular complexity index is 350. The first-order valence-corrected chi connectivity index (χ1v) is 11.6. The highest BCUT2D eigenvalue weighted by Crippen LogP contribution is 2.35. The number of hydrogen-bond donors (Lipinski definition) is 0. The highest BCUT2D eigenvalue weighted by Gasteiger charge is 2.20. The van der Waals surface area contributed by atoms with Gasteiger partial charge in [-0.05, 0) is 62.2 Å². The molecule has 2 rings (SSSR count). The predicted molar refractivity (Wildman–Crippen MR) is 113 cm³/mol. The van der Waals surface area contributed by atoms with Gasteiger partial charge in [0, 0.05) is 0 Å². The van der Waals surface area contributed by atoms with Crippen LogP contribution in [0.3, 0.4) is 0 Å². The third-order valence-corrected chi connectivity index (χ3v) is 6.98. The van der Waals surface area contributed by atoms with Crippen LogP contribution in [-0.4, -0.2) is 0 Å². The first kappa shape index (κ1) is 20.8. The molecule has 0 heterocycles. The molecule has 0 aromatic heterocycles. The van der Waals surface area contributed by atoms with Crippen LogP contribution < -0.4 is 0 Å². The minimum atomic E-state index is 0.798. The fraction of sp³-hybridized carbons (Fsp3) is 0.840. The zero-order valence-electron chi connectivity index (χ0n) is 17.1. The van der Waals surface area contributed by atoms with Crippen molar-refractivity contribution in [2.75, 3.05) is 0 Å². The van der Waals surface area contributed by atoms with Gasteiger partial charge in [0.25, 0.3) is 0 Å². The molecule has 0 saturated heterocycles. The van der Waals surface area contributed by atoms with E-state index in [1.54, 1.807) is 0 Å². The van der Waals surface area contributed by atoms with E-state index in [0.29, 0.717) is 0 Å². The fourth-order valence-electron chi connectivity index (χ4n) is 5.04. The summed E-state index contributed by atoms with van der Waals surface area (Å²) in [5.41, 5.74) is 0. The molecule has 0 nitrogen and oxygen atoms in total. The van der Waals surface area contributed by atoms with Gasteiger partial charge in [0.1, 0.15) is 0 Å². The Hall–Kier alpha value is -0.520. The summed E-state index contributed by atoms with van der Waals surface area (Å²) in [7, 11) is 0. The van der Waals surface area contributed by atoms with Gasteiger partial charge in [-0.2, -0.15) is 0 Å². The Morgan fingerprint density at radius 1 is 0.720 bits per heavy atom. The van der Waals surface area contributed by atoms with Gasteiger partial charge < -0.3 is 0 Å². The molecule has 0 N–H and O–H groups in total. The molecule has 0 spiro atoms. The molecule has 0 radical (unpaired) electrons. The molecule has 2 fully saturated rings. The zero-order valence-corrected chi connectivity index (χ0v) is 17.1. The molecular formula is C25H44. The lowest BCUT2D eigenvalue weighted by molar-refractivity contribution is 0.249. The summed E-state index contributed by atoms with van der Waals surface area (Å²) in [5.74, 6) is 3.75.